The molecule has 0 aromatic carbocycles. The fourth-order valence-electron chi connectivity index (χ4n) is 3.36. The van der Waals surface area contributed by atoms with Crippen LogP contribution in [0.5, 0.6) is 5.75 Å². The minimum atomic E-state index is -0.174. The minimum Gasteiger partial charge on any atom is -0.496 e. The molecular weight excluding hydrogens is 346 g/mol. The predicted octanol–water partition coefficient (Wildman–Crippen LogP) is 1.54. The van der Waals surface area contributed by atoms with Gasteiger partial charge in [0.2, 0.25) is 5.91 Å². The van der Waals surface area contributed by atoms with Crippen molar-refractivity contribution in [2.24, 2.45) is 0 Å². The Morgan fingerprint density at radius 1 is 1.30 bits per heavy atom. The topological polar surface area (TPSA) is 80.6 Å². The zero-order valence-electron chi connectivity index (χ0n) is 16.4. The standard InChI is InChI=1S/C19H25N5O3/c1-12-9-20-17(13(2)18(12)27-5)11-22(4)19(26)16-8-15-10-23(14(3)25)6-7-24(15)21-16/h8-9H,6-7,10-11H2,1-5H3. The highest BCUT2D eigenvalue weighted by molar-refractivity contribution is 5.92. The third-order valence-corrected chi connectivity index (χ3v) is 4.95. The number of carbonyl (C=O) groups is 2. The molecule has 8 nitrogen and oxygen atoms in total. The molecule has 1 aliphatic rings. The minimum absolute atomic E-state index is 0.0299. The summed E-state index contributed by atoms with van der Waals surface area (Å²) in [5.41, 5.74) is 3.94. The lowest BCUT2D eigenvalue weighted by atomic mass is 10.1. The average Bonchev–Trinajstić information content (AvgIpc) is 3.06. The second-order valence-electron chi connectivity index (χ2n) is 6.89. The SMILES string of the molecule is COc1c(C)cnc(CN(C)C(=O)c2cc3n(n2)CCN(C(C)=O)C3)c1C. The van der Waals surface area contributed by atoms with Gasteiger partial charge in [-0.15, -0.1) is 0 Å². The molecule has 0 N–H and O–H groups in total. The fraction of sp³-hybridized carbons (Fsp3) is 0.474. The van der Waals surface area contributed by atoms with Crippen LogP contribution in [0, 0.1) is 13.8 Å². The van der Waals surface area contributed by atoms with Gasteiger partial charge >= 0.3 is 0 Å². The van der Waals surface area contributed by atoms with Crippen LogP contribution in [0.25, 0.3) is 0 Å². The predicted molar refractivity (Wildman–Crippen MR) is 99.4 cm³/mol. The van der Waals surface area contributed by atoms with Crippen LogP contribution in [0.1, 0.15) is 39.9 Å². The Morgan fingerprint density at radius 2 is 2.04 bits per heavy atom. The Balaban J connectivity index is 1.76. The van der Waals surface area contributed by atoms with E-state index in [1.54, 1.807) is 47.8 Å². The third-order valence-electron chi connectivity index (χ3n) is 4.95. The van der Waals surface area contributed by atoms with E-state index in [2.05, 4.69) is 10.1 Å². The molecule has 27 heavy (non-hydrogen) atoms. The van der Waals surface area contributed by atoms with Crippen LogP contribution in [0.4, 0.5) is 0 Å². The van der Waals surface area contributed by atoms with Gasteiger partial charge in [0.25, 0.3) is 5.91 Å². The molecule has 2 aromatic rings. The van der Waals surface area contributed by atoms with Crippen LogP contribution in [-0.4, -0.2) is 57.1 Å². The monoisotopic (exact) mass is 371 g/mol. The second kappa shape index (κ2) is 7.38. The Labute approximate surface area is 158 Å². The van der Waals surface area contributed by atoms with Crippen molar-refractivity contribution in [3.05, 3.63) is 40.5 Å². The van der Waals surface area contributed by atoms with Gasteiger partial charge in [0.15, 0.2) is 5.69 Å². The molecule has 8 heteroatoms. The molecule has 2 aromatic heterocycles. The maximum Gasteiger partial charge on any atom is 0.274 e. The van der Waals surface area contributed by atoms with Gasteiger partial charge in [-0.25, -0.2) is 0 Å². The first-order valence-electron chi connectivity index (χ1n) is 8.88. The molecule has 144 valence electrons. The Bertz CT molecular complexity index is 890. The van der Waals surface area contributed by atoms with Crippen molar-refractivity contribution in [1.29, 1.82) is 0 Å². The molecule has 0 atom stereocenters. The molecule has 1 aliphatic heterocycles. The van der Waals surface area contributed by atoms with Gasteiger partial charge in [0.05, 0.1) is 38.1 Å². The van der Waals surface area contributed by atoms with E-state index in [9.17, 15) is 9.59 Å². The number of nitrogens with zero attached hydrogens (tertiary/aromatic N) is 5. The summed E-state index contributed by atoms with van der Waals surface area (Å²) >= 11 is 0. The number of ether oxygens (including phenoxy) is 1. The van der Waals surface area contributed by atoms with Gasteiger partial charge in [0.1, 0.15) is 5.75 Å². The molecule has 0 saturated carbocycles. The molecule has 0 radical (unpaired) electrons. The highest BCUT2D eigenvalue weighted by Gasteiger charge is 2.24. The summed E-state index contributed by atoms with van der Waals surface area (Å²) in [5.74, 6) is 0.650. The van der Waals surface area contributed by atoms with Crippen molar-refractivity contribution >= 4 is 11.8 Å². The van der Waals surface area contributed by atoms with Crippen LogP contribution < -0.4 is 4.74 Å². The fourth-order valence-corrected chi connectivity index (χ4v) is 3.36. The third kappa shape index (κ3) is 3.65. The largest absolute Gasteiger partial charge is 0.496 e. The van der Waals surface area contributed by atoms with Crippen molar-refractivity contribution < 1.29 is 14.3 Å². The lowest BCUT2D eigenvalue weighted by Crippen LogP contribution is -2.36. The van der Waals surface area contributed by atoms with Gasteiger partial charge in [-0.2, -0.15) is 5.10 Å². The maximum absolute atomic E-state index is 12.8. The first kappa shape index (κ1) is 18.9. The van der Waals surface area contributed by atoms with E-state index >= 15 is 0 Å². The number of fused-ring (bicyclic) bond motifs is 1. The van der Waals surface area contributed by atoms with Crippen LogP contribution >= 0.6 is 0 Å². The summed E-state index contributed by atoms with van der Waals surface area (Å²) in [6, 6.07) is 1.77. The molecule has 3 rings (SSSR count). The van der Waals surface area contributed by atoms with E-state index in [4.69, 9.17) is 4.74 Å². The highest BCUT2D eigenvalue weighted by atomic mass is 16.5. The first-order chi connectivity index (χ1) is 12.8. The number of amides is 2. The summed E-state index contributed by atoms with van der Waals surface area (Å²) in [7, 11) is 3.37. The number of carbonyl (C=O) groups excluding carboxylic acids is 2. The number of rotatable bonds is 4. The summed E-state index contributed by atoms with van der Waals surface area (Å²) in [6.45, 7) is 7.49. The number of pyridine rings is 1. The van der Waals surface area contributed by atoms with Crippen molar-refractivity contribution in [2.75, 3.05) is 20.7 Å². The molecule has 2 amide bonds. The first-order valence-corrected chi connectivity index (χ1v) is 8.88. The number of aryl methyl sites for hydroxylation is 1. The van der Waals surface area contributed by atoms with Gasteiger partial charge in [-0.05, 0) is 19.9 Å². The molecule has 0 saturated heterocycles. The maximum atomic E-state index is 12.8. The van der Waals surface area contributed by atoms with Crippen LogP contribution in [0.2, 0.25) is 0 Å². The van der Waals surface area contributed by atoms with Crippen LogP contribution in [0.15, 0.2) is 12.3 Å². The molecule has 0 spiro atoms. The van der Waals surface area contributed by atoms with Gasteiger partial charge in [-0.1, -0.05) is 0 Å². The van der Waals surface area contributed by atoms with E-state index in [0.29, 0.717) is 31.9 Å². The van der Waals surface area contributed by atoms with Gasteiger partial charge in [0, 0.05) is 37.8 Å². The molecule has 0 fully saturated rings. The molecular formula is C19H25N5O3. The summed E-state index contributed by atoms with van der Waals surface area (Å²) in [6.07, 6.45) is 1.76. The summed E-state index contributed by atoms with van der Waals surface area (Å²) < 4.78 is 7.24. The quantitative estimate of drug-likeness (QED) is 0.814. The summed E-state index contributed by atoms with van der Waals surface area (Å²) in [5, 5.41) is 4.42. The van der Waals surface area contributed by atoms with Gasteiger partial charge in [-0.3, -0.25) is 19.3 Å². The van der Waals surface area contributed by atoms with E-state index in [1.807, 2.05) is 13.8 Å². The van der Waals surface area contributed by atoms with Crippen molar-refractivity contribution in [2.45, 2.75) is 40.4 Å². The number of hydrogen-bond acceptors (Lipinski definition) is 5. The van der Waals surface area contributed by atoms with Gasteiger partial charge < -0.3 is 14.5 Å². The molecule has 0 unspecified atom stereocenters. The summed E-state index contributed by atoms with van der Waals surface area (Å²) in [4.78, 5) is 32.2. The van der Waals surface area contributed by atoms with Crippen LogP contribution in [-0.2, 0) is 24.4 Å². The Hall–Kier alpha value is -2.90. The van der Waals surface area contributed by atoms with E-state index in [-0.39, 0.29) is 11.8 Å². The molecule has 0 aliphatic carbocycles. The van der Waals surface area contributed by atoms with Crippen molar-refractivity contribution in [1.82, 2.24) is 24.6 Å². The number of hydrogen-bond donors (Lipinski definition) is 0. The number of methoxy groups -OCH3 is 1. The smallest absolute Gasteiger partial charge is 0.274 e. The zero-order chi connectivity index (χ0) is 19.7. The zero-order valence-corrected chi connectivity index (χ0v) is 16.4. The number of aromatic nitrogens is 3. The lowest BCUT2D eigenvalue weighted by molar-refractivity contribution is -0.130. The lowest BCUT2D eigenvalue weighted by Gasteiger charge is -2.26. The van der Waals surface area contributed by atoms with E-state index in [0.717, 1.165) is 28.3 Å². The Morgan fingerprint density at radius 3 is 2.70 bits per heavy atom. The average molecular weight is 371 g/mol. The van der Waals surface area contributed by atoms with Crippen molar-refractivity contribution in [3.8, 4) is 5.75 Å². The highest BCUT2D eigenvalue weighted by Crippen LogP contribution is 2.25. The Kier molecular flexibility index (Phi) is 5.16. The van der Waals surface area contributed by atoms with E-state index in [1.165, 1.54) is 0 Å². The molecule has 0 bridgehead atoms. The van der Waals surface area contributed by atoms with E-state index < -0.39 is 0 Å². The van der Waals surface area contributed by atoms with Crippen LogP contribution in [0.3, 0.4) is 0 Å². The second-order valence-corrected chi connectivity index (χ2v) is 6.89. The normalized spacial score (nSPS) is 13.3. The van der Waals surface area contributed by atoms with Crippen molar-refractivity contribution in [3.63, 3.8) is 0 Å². The molecule has 3 heterocycles.